The minimum Gasteiger partial charge on any atom is -0.465 e. The Kier molecular flexibility index (Phi) is 4.93. The van der Waals surface area contributed by atoms with Gasteiger partial charge in [-0.1, -0.05) is 12.1 Å². The van der Waals surface area contributed by atoms with E-state index in [0.29, 0.717) is 11.1 Å². The van der Waals surface area contributed by atoms with Crippen molar-refractivity contribution in [2.24, 2.45) is 0 Å². The Bertz CT molecular complexity index is 980. The third-order valence-corrected chi connectivity index (χ3v) is 3.60. The van der Waals surface area contributed by atoms with Gasteiger partial charge in [0.2, 0.25) is 0 Å². The highest BCUT2D eigenvalue weighted by Gasteiger charge is 2.15. The van der Waals surface area contributed by atoms with Crippen LogP contribution in [-0.2, 0) is 14.3 Å². The lowest BCUT2D eigenvalue weighted by molar-refractivity contribution is -0.119. The first-order valence-electron chi connectivity index (χ1n) is 7.66. The Morgan fingerprint density at radius 2 is 1.92 bits per heavy atom. The van der Waals surface area contributed by atoms with Crippen molar-refractivity contribution in [2.45, 2.75) is 0 Å². The van der Waals surface area contributed by atoms with Gasteiger partial charge in [-0.15, -0.1) is 0 Å². The summed E-state index contributed by atoms with van der Waals surface area (Å²) >= 11 is 0. The van der Waals surface area contributed by atoms with Crippen molar-refractivity contribution in [2.75, 3.05) is 19.0 Å². The van der Waals surface area contributed by atoms with Crippen molar-refractivity contribution in [3.05, 3.63) is 59.9 Å². The Labute approximate surface area is 148 Å². The van der Waals surface area contributed by atoms with E-state index in [0.717, 1.165) is 5.52 Å². The van der Waals surface area contributed by atoms with Gasteiger partial charge in [-0.25, -0.2) is 14.6 Å². The molecule has 0 spiro atoms. The average Bonchev–Trinajstić information content (AvgIpc) is 3.13. The van der Waals surface area contributed by atoms with E-state index in [4.69, 9.17) is 4.74 Å². The van der Waals surface area contributed by atoms with Crippen LogP contribution in [-0.4, -0.2) is 41.5 Å². The Morgan fingerprint density at radius 3 is 2.73 bits per heavy atom. The predicted molar refractivity (Wildman–Crippen MR) is 92.8 cm³/mol. The van der Waals surface area contributed by atoms with Gasteiger partial charge in [0.25, 0.3) is 5.91 Å². The molecule has 3 rings (SSSR count). The van der Waals surface area contributed by atoms with Gasteiger partial charge >= 0.3 is 11.9 Å². The lowest BCUT2D eigenvalue weighted by Gasteiger charge is -2.10. The summed E-state index contributed by atoms with van der Waals surface area (Å²) < 4.78 is 9.67. The van der Waals surface area contributed by atoms with Crippen molar-refractivity contribution < 1.29 is 23.9 Å². The normalized spacial score (nSPS) is 10.3. The topological polar surface area (TPSA) is 110 Å². The molecule has 0 radical (unpaired) electrons. The van der Waals surface area contributed by atoms with Crippen LogP contribution in [0.5, 0.6) is 0 Å². The van der Waals surface area contributed by atoms with Crippen molar-refractivity contribution in [3.8, 4) is 0 Å². The van der Waals surface area contributed by atoms with E-state index in [9.17, 15) is 14.4 Å². The second-order valence-electron chi connectivity index (χ2n) is 5.30. The van der Waals surface area contributed by atoms with Crippen LogP contribution in [0.1, 0.15) is 20.7 Å². The fraction of sp³-hybridized carbons (Fsp3) is 0.111. The van der Waals surface area contributed by atoms with Crippen molar-refractivity contribution >= 4 is 34.6 Å². The quantitative estimate of drug-likeness (QED) is 0.680. The number of carbonyl (C=O) groups is 3. The summed E-state index contributed by atoms with van der Waals surface area (Å²) in [6, 6.07) is 11.2. The Hall–Kier alpha value is -3.68. The standard InChI is InChI=1S/C18H15N3O5/c1-25-18(24)12-4-2-3-5-13(12)21-16(22)9-26-17(23)11-6-7-14-15(8-11)20-10-19-14/h2-8,10H,9H2,1H3,(H,19,20)(H,21,22). The number of ether oxygens (including phenoxy) is 2. The SMILES string of the molecule is COC(=O)c1ccccc1NC(=O)COC(=O)c1ccc2nc[nH]c2c1. The number of esters is 2. The first-order valence-corrected chi connectivity index (χ1v) is 7.66. The Balaban J connectivity index is 1.62. The number of nitrogens with one attached hydrogen (secondary N) is 2. The molecule has 0 aliphatic carbocycles. The van der Waals surface area contributed by atoms with Crippen molar-refractivity contribution in [1.82, 2.24) is 9.97 Å². The first kappa shape index (κ1) is 17.2. The largest absolute Gasteiger partial charge is 0.465 e. The number of nitrogens with zero attached hydrogens (tertiary/aromatic N) is 1. The van der Waals surface area contributed by atoms with E-state index in [-0.39, 0.29) is 11.3 Å². The number of amides is 1. The number of fused-ring (bicyclic) bond motifs is 1. The van der Waals surface area contributed by atoms with Gasteiger partial charge in [0, 0.05) is 0 Å². The van der Waals surface area contributed by atoms with Crippen LogP contribution in [0.4, 0.5) is 5.69 Å². The number of methoxy groups -OCH3 is 1. The van der Waals surface area contributed by atoms with Gasteiger partial charge in [-0.05, 0) is 30.3 Å². The lowest BCUT2D eigenvalue weighted by Crippen LogP contribution is -2.22. The molecular formula is C18H15N3O5. The van der Waals surface area contributed by atoms with Crippen LogP contribution in [0.2, 0.25) is 0 Å². The molecule has 2 aromatic carbocycles. The summed E-state index contributed by atoms with van der Waals surface area (Å²) in [4.78, 5) is 42.7. The maximum atomic E-state index is 12.1. The molecule has 0 fully saturated rings. The summed E-state index contributed by atoms with van der Waals surface area (Å²) in [5.41, 5.74) is 2.19. The summed E-state index contributed by atoms with van der Waals surface area (Å²) in [6.45, 7) is -0.491. The third-order valence-electron chi connectivity index (χ3n) is 3.60. The van der Waals surface area contributed by atoms with E-state index in [2.05, 4.69) is 20.0 Å². The van der Waals surface area contributed by atoms with Gasteiger partial charge in [0.05, 0.1) is 41.3 Å². The van der Waals surface area contributed by atoms with Crippen LogP contribution < -0.4 is 5.32 Å². The van der Waals surface area contributed by atoms with E-state index in [1.807, 2.05) is 0 Å². The smallest absolute Gasteiger partial charge is 0.339 e. The van der Waals surface area contributed by atoms with Gasteiger partial charge < -0.3 is 19.8 Å². The molecule has 0 bridgehead atoms. The molecule has 1 amide bonds. The number of carbonyl (C=O) groups excluding carboxylic acids is 3. The Morgan fingerprint density at radius 1 is 1.12 bits per heavy atom. The number of imidazole rings is 1. The highest BCUT2D eigenvalue weighted by atomic mass is 16.5. The fourth-order valence-corrected chi connectivity index (χ4v) is 2.34. The van der Waals surface area contributed by atoms with Gasteiger partial charge in [0.15, 0.2) is 6.61 Å². The molecule has 132 valence electrons. The minimum atomic E-state index is -0.641. The number of H-pyrrole nitrogens is 1. The second kappa shape index (κ2) is 7.47. The highest BCUT2D eigenvalue weighted by Crippen LogP contribution is 2.16. The minimum absolute atomic E-state index is 0.208. The lowest BCUT2D eigenvalue weighted by atomic mass is 10.2. The zero-order valence-electron chi connectivity index (χ0n) is 13.8. The molecule has 3 aromatic rings. The molecule has 1 heterocycles. The van der Waals surface area contributed by atoms with Crippen LogP contribution in [0.15, 0.2) is 48.8 Å². The van der Waals surface area contributed by atoms with Gasteiger partial charge in [0.1, 0.15) is 0 Å². The predicted octanol–water partition coefficient (Wildman–Crippen LogP) is 2.14. The molecule has 1 aromatic heterocycles. The first-order chi connectivity index (χ1) is 12.6. The number of benzene rings is 2. The van der Waals surface area contributed by atoms with E-state index >= 15 is 0 Å². The summed E-state index contributed by atoms with van der Waals surface area (Å²) in [5.74, 6) is -1.79. The molecule has 0 unspecified atom stereocenters. The number of rotatable bonds is 5. The molecule has 0 aliphatic heterocycles. The molecule has 0 atom stereocenters. The monoisotopic (exact) mass is 353 g/mol. The number of hydrogen-bond donors (Lipinski definition) is 2. The fourth-order valence-electron chi connectivity index (χ4n) is 2.34. The van der Waals surface area contributed by atoms with Crippen LogP contribution >= 0.6 is 0 Å². The molecule has 8 heteroatoms. The molecule has 0 saturated heterocycles. The van der Waals surface area contributed by atoms with Crippen LogP contribution in [0.3, 0.4) is 0 Å². The highest BCUT2D eigenvalue weighted by molar-refractivity contribution is 6.02. The zero-order valence-corrected chi connectivity index (χ0v) is 13.8. The number of para-hydroxylation sites is 1. The van der Waals surface area contributed by atoms with Gasteiger partial charge in [-0.2, -0.15) is 0 Å². The maximum Gasteiger partial charge on any atom is 0.339 e. The maximum absolute atomic E-state index is 12.1. The number of hydrogen-bond acceptors (Lipinski definition) is 6. The molecule has 26 heavy (non-hydrogen) atoms. The zero-order chi connectivity index (χ0) is 18.5. The van der Waals surface area contributed by atoms with Crippen LogP contribution in [0, 0.1) is 0 Å². The number of aromatic amines is 1. The van der Waals surface area contributed by atoms with Gasteiger partial charge in [-0.3, -0.25) is 4.79 Å². The van der Waals surface area contributed by atoms with E-state index < -0.39 is 24.5 Å². The van der Waals surface area contributed by atoms with E-state index in [1.165, 1.54) is 19.5 Å². The molecular weight excluding hydrogens is 338 g/mol. The number of anilines is 1. The average molecular weight is 353 g/mol. The molecule has 2 N–H and O–H groups in total. The molecule has 0 aliphatic rings. The summed E-state index contributed by atoms with van der Waals surface area (Å²) in [7, 11) is 1.25. The third kappa shape index (κ3) is 3.69. The van der Waals surface area contributed by atoms with Crippen LogP contribution in [0.25, 0.3) is 11.0 Å². The summed E-state index contributed by atoms with van der Waals surface area (Å²) in [5, 5.41) is 2.52. The van der Waals surface area contributed by atoms with E-state index in [1.54, 1.807) is 36.4 Å². The second-order valence-corrected chi connectivity index (χ2v) is 5.30. The number of aromatic nitrogens is 2. The van der Waals surface area contributed by atoms with Crippen molar-refractivity contribution in [3.63, 3.8) is 0 Å². The summed E-state index contributed by atoms with van der Waals surface area (Å²) in [6.07, 6.45) is 1.52. The molecule has 0 saturated carbocycles. The molecule has 8 nitrogen and oxygen atoms in total. The van der Waals surface area contributed by atoms with Crippen molar-refractivity contribution in [1.29, 1.82) is 0 Å².